The molecule has 0 saturated carbocycles. The summed E-state index contributed by atoms with van der Waals surface area (Å²) in [7, 11) is 1.85. The van der Waals surface area contributed by atoms with Crippen LogP contribution >= 0.6 is 23.4 Å². The lowest BCUT2D eigenvalue weighted by atomic mass is 10.2. The van der Waals surface area contributed by atoms with E-state index < -0.39 is 0 Å². The molecule has 1 aromatic heterocycles. The molecule has 3 aromatic rings. The molecule has 0 bridgehead atoms. The fourth-order valence-corrected chi connectivity index (χ4v) is 3.33. The Morgan fingerprint density at radius 2 is 1.96 bits per heavy atom. The van der Waals surface area contributed by atoms with Gasteiger partial charge < -0.3 is 14.6 Å². The normalized spacial score (nSPS) is 10.7. The number of benzene rings is 2. The Balaban J connectivity index is 1.54. The summed E-state index contributed by atoms with van der Waals surface area (Å²) in [6.45, 7) is 4.16. The Morgan fingerprint density at radius 3 is 2.71 bits per heavy atom. The standard InChI is InChI=1S/C20H21ClN4O2S/c1-13-6-4-5-7-17(13)22-19(26)12-28-20-24-23-18(25(20)3)11-27-15-8-9-16(21)14(2)10-15/h4-10H,11-12H2,1-3H3,(H,22,26). The highest BCUT2D eigenvalue weighted by Crippen LogP contribution is 2.22. The van der Waals surface area contributed by atoms with E-state index in [9.17, 15) is 4.79 Å². The van der Waals surface area contributed by atoms with E-state index in [4.69, 9.17) is 16.3 Å². The predicted molar refractivity (Wildman–Crippen MR) is 112 cm³/mol. The summed E-state index contributed by atoms with van der Waals surface area (Å²) in [5.41, 5.74) is 2.79. The minimum atomic E-state index is -0.0864. The molecule has 28 heavy (non-hydrogen) atoms. The van der Waals surface area contributed by atoms with Gasteiger partial charge in [0, 0.05) is 17.8 Å². The van der Waals surface area contributed by atoms with E-state index in [1.165, 1.54) is 11.8 Å². The lowest BCUT2D eigenvalue weighted by Crippen LogP contribution is -2.15. The number of hydrogen-bond donors (Lipinski definition) is 1. The van der Waals surface area contributed by atoms with Crippen LogP contribution in [0.3, 0.4) is 0 Å². The highest BCUT2D eigenvalue weighted by atomic mass is 35.5. The molecule has 0 aliphatic heterocycles. The van der Waals surface area contributed by atoms with Crippen LogP contribution in [0.25, 0.3) is 0 Å². The molecule has 0 radical (unpaired) electrons. The number of rotatable bonds is 7. The van der Waals surface area contributed by atoms with E-state index in [1.807, 2.05) is 61.9 Å². The maximum atomic E-state index is 12.2. The first kappa shape index (κ1) is 20.2. The monoisotopic (exact) mass is 416 g/mol. The third-order valence-corrected chi connectivity index (χ3v) is 5.62. The van der Waals surface area contributed by atoms with Crippen molar-refractivity contribution in [3.63, 3.8) is 0 Å². The van der Waals surface area contributed by atoms with Gasteiger partial charge in [-0.1, -0.05) is 41.6 Å². The van der Waals surface area contributed by atoms with Gasteiger partial charge in [0.05, 0.1) is 5.75 Å². The lowest BCUT2D eigenvalue weighted by molar-refractivity contribution is -0.113. The molecule has 0 fully saturated rings. The first-order chi connectivity index (χ1) is 13.4. The molecule has 3 rings (SSSR count). The Morgan fingerprint density at radius 1 is 1.18 bits per heavy atom. The second-order valence-electron chi connectivity index (χ2n) is 6.31. The molecule has 0 atom stereocenters. The van der Waals surface area contributed by atoms with Crippen molar-refractivity contribution < 1.29 is 9.53 Å². The van der Waals surface area contributed by atoms with Gasteiger partial charge in [-0.05, 0) is 49.2 Å². The zero-order valence-corrected chi connectivity index (χ0v) is 17.5. The van der Waals surface area contributed by atoms with Crippen LogP contribution in [0, 0.1) is 13.8 Å². The summed E-state index contributed by atoms with van der Waals surface area (Å²) >= 11 is 7.36. The molecule has 8 heteroatoms. The number of nitrogens with zero attached hydrogens (tertiary/aromatic N) is 3. The average Bonchev–Trinajstić information content (AvgIpc) is 3.03. The van der Waals surface area contributed by atoms with Crippen molar-refractivity contribution in [2.75, 3.05) is 11.1 Å². The van der Waals surface area contributed by atoms with Crippen molar-refractivity contribution in [2.24, 2.45) is 7.05 Å². The van der Waals surface area contributed by atoms with Gasteiger partial charge in [0.25, 0.3) is 0 Å². The molecule has 0 saturated heterocycles. The minimum absolute atomic E-state index is 0.0864. The largest absolute Gasteiger partial charge is 0.486 e. The minimum Gasteiger partial charge on any atom is -0.486 e. The fraction of sp³-hybridized carbons (Fsp3) is 0.250. The second kappa shape index (κ2) is 9.12. The first-order valence-corrected chi connectivity index (χ1v) is 10.1. The number of thioether (sulfide) groups is 1. The van der Waals surface area contributed by atoms with Crippen LogP contribution in [0.1, 0.15) is 17.0 Å². The maximum absolute atomic E-state index is 12.2. The van der Waals surface area contributed by atoms with Crippen LogP contribution in [0.15, 0.2) is 47.6 Å². The second-order valence-corrected chi connectivity index (χ2v) is 7.66. The quantitative estimate of drug-likeness (QED) is 0.578. The number of hydrogen-bond acceptors (Lipinski definition) is 5. The van der Waals surface area contributed by atoms with Crippen molar-refractivity contribution in [3.05, 3.63) is 64.4 Å². The number of halogens is 1. The van der Waals surface area contributed by atoms with E-state index in [0.29, 0.717) is 16.0 Å². The van der Waals surface area contributed by atoms with Gasteiger partial charge in [-0.2, -0.15) is 0 Å². The van der Waals surface area contributed by atoms with Gasteiger partial charge in [-0.25, -0.2) is 0 Å². The van der Waals surface area contributed by atoms with Crippen molar-refractivity contribution in [2.45, 2.75) is 25.6 Å². The number of para-hydroxylation sites is 1. The summed E-state index contributed by atoms with van der Waals surface area (Å²) in [4.78, 5) is 12.2. The summed E-state index contributed by atoms with van der Waals surface area (Å²) in [6, 6.07) is 13.2. The molecular formula is C20H21ClN4O2S. The van der Waals surface area contributed by atoms with E-state index in [2.05, 4.69) is 15.5 Å². The Labute approximate surface area is 173 Å². The zero-order chi connectivity index (χ0) is 20.1. The van der Waals surface area contributed by atoms with E-state index in [-0.39, 0.29) is 18.3 Å². The molecule has 0 spiro atoms. The van der Waals surface area contributed by atoms with Gasteiger partial charge in [0.1, 0.15) is 12.4 Å². The van der Waals surface area contributed by atoms with E-state index in [1.54, 1.807) is 6.07 Å². The number of ether oxygens (including phenoxy) is 1. The molecule has 146 valence electrons. The third-order valence-electron chi connectivity index (χ3n) is 4.17. The summed E-state index contributed by atoms with van der Waals surface area (Å²) in [5, 5.41) is 12.6. The summed E-state index contributed by atoms with van der Waals surface area (Å²) in [6.07, 6.45) is 0. The summed E-state index contributed by atoms with van der Waals surface area (Å²) < 4.78 is 7.60. The number of nitrogens with one attached hydrogen (secondary N) is 1. The van der Waals surface area contributed by atoms with Crippen LogP contribution in [-0.4, -0.2) is 26.4 Å². The molecule has 2 aromatic carbocycles. The molecule has 0 aliphatic rings. The number of aryl methyl sites for hydroxylation is 2. The van der Waals surface area contributed by atoms with Crippen LogP contribution in [0.2, 0.25) is 5.02 Å². The molecule has 6 nitrogen and oxygen atoms in total. The van der Waals surface area contributed by atoms with Crippen LogP contribution in [0.5, 0.6) is 5.75 Å². The van der Waals surface area contributed by atoms with Crippen LogP contribution in [-0.2, 0) is 18.4 Å². The molecule has 1 heterocycles. The topological polar surface area (TPSA) is 69.0 Å². The highest BCUT2D eigenvalue weighted by Gasteiger charge is 2.13. The number of aromatic nitrogens is 3. The van der Waals surface area contributed by atoms with Gasteiger partial charge in [0.2, 0.25) is 5.91 Å². The van der Waals surface area contributed by atoms with Crippen LogP contribution < -0.4 is 10.1 Å². The number of carbonyl (C=O) groups excluding carboxylic acids is 1. The van der Waals surface area contributed by atoms with Gasteiger partial charge in [0.15, 0.2) is 11.0 Å². The van der Waals surface area contributed by atoms with Crippen molar-refractivity contribution in [1.29, 1.82) is 0 Å². The van der Waals surface area contributed by atoms with Gasteiger partial charge >= 0.3 is 0 Å². The number of amides is 1. The van der Waals surface area contributed by atoms with Crippen LogP contribution in [0.4, 0.5) is 5.69 Å². The van der Waals surface area contributed by atoms with Crippen molar-refractivity contribution in [3.8, 4) is 5.75 Å². The molecule has 0 aliphatic carbocycles. The van der Waals surface area contributed by atoms with Crippen molar-refractivity contribution in [1.82, 2.24) is 14.8 Å². The van der Waals surface area contributed by atoms with Gasteiger partial charge in [-0.3, -0.25) is 4.79 Å². The number of carbonyl (C=O) groups is 1. The Kier molecular flexibility index (Phi) is 6.59. The predicted octanol–water partition coefficient (Wildman–Crippen LogP) is 4.40. The van der Waals surface area contributed by atoms with Gasteiger partial charge in [-0.15, -0.1) is 10.2 Å². The average molecular weight is 417 g/mol. The smallest absolute Gasteiger partial charge is 0.234 e. The SMILES string of the molecule is Cc1cc(OCc2nnc(SCC(=O)Nc3ccccc3C)n2C)ccc1Cl. The molecular weight excluding hydrogens is 396 g/mol. The maximum Gasteiger partial charge on any atom is 0.234 e. The molecule has 0 unspecified atom stereocenters. The van der Waals surface area contributed by atoms with Crippen molar-refractivity contribution >= 4 is 35.0 Å². The molecule has 1 N–H and O–H groups in total. The first-order valence-electron chi connectivity index (χ1n) is 8.69. The number of anilines is 1. The zero-order valence-electron chi connectivity index (χ0n) is 15.9. The summed E-state index contributed by atoms with van der Waals surface area (Å²) in [5.74, 6) is 1.56. The van der Waals surface area contributed by atoms with E-state index >= 15 is 0 Å². The third kappa shape index (κ3) is 5.05. The molecule has 1 amide bonds. The highest BCUT2D eigenvalue weighted by molar-refractivity contribution is 7.99. The lowest BCUT2D eigenvalue weighted by Gasteiger charge is -2.09. The Hall–Kier alpha value is -2.51. The fourth-order valence-electron chi connectivity index (χ4n) is 2.48. The Bertz CT molecular complexity index is 990. The van der Waals surface area contributed by atoms with E-state index in [0.717, 1.165) is 22.6 Å².